The Bertz CT molecular complexity index is 536. The summed E-state index contributed by atoms with van der Waals surface area (Å²) in [5.74, 6) is -0.216. The highest BCUT2D eigenvalue weighted by atomic mass is 127. The van der Waals surface area contributed by atoms with Gasteiger partial charge in [-0.3, -0.25) is 0 Å². The molecule has 2 aromatic rings. The predicted octanol–water partition coefficient (Wildman–Crippen LogP) is 4.70. The fraction of sp³-hybridized carbons (Fsp3) is 0.200. The lowest BCUT2D eigenvalue weighted by Crippen LogP contribution is -2.19. The van der Waals surface area contributed by atoms with Gasteiger partial charge in [-0.25, -0.2) is 4.39 Å². The molecular formula is C15H14BrFIN. The maximum atomic E-state index is 13.5. The van der Waals surface area contributed by atoms with Gasteiger partial charge in [0, 0.05) is 14.1 Å². The van der Waals surface area contributed by atoms with Crippen LogP contribution >= 0.6 is 38.5 Å². The second-order valence-corrected chi connectivity index (χ2v) is 6.54. The molecule has 0 saturated carbocycles. The van der Waals surface area contributed by atoms with Gasteiger partial charge in [0.15, 0.2) is 0 Å². The van der Waals surface area contributed by atoms with Crippen LogP contribution in [0, 0.1) is 9.39 Å². The third-order valence-corrected chi connectivity index (χ3v) is 4.17. The van der Waals surface area contributed by atoms with E-state index < -0.39 is 0 Å². The molecule has 0 aliphatic rings. The van der Waals surface area contributed by atoms with Crippen LogP contribution in [0.15, 0.2) is 46.9 Å². The molecule has 0 heterocycles. The van der Waals surface area contributed by atoms with Crippen LogP contribution in [0.1, 0.15) is 17.2 Å². The minimum absolute atomic E-state index is 0.104. The van der Waals surface area contributed by atoms with Crippen molar-refractivity contribution in [3.63, 3.8) is 0 Å². The van der Waals surface area contributed by atoms with E-state index in [0.717, 1.165) is 16.5 Å². The second-order valence-electron chi connectivity index (χ2n) is 4.37. The molecule has 0 radical (unpaired) electrons. The van der Waals surface area contributed by atoms with Gasteiger partial charge >= 0.3 is 0 Å². The van der Waals surface area contributed by atoms with Gasteiger partial charge < -0.3 is 5.32 Å². The minimum atomic E-state index is -0.216. The summed E-state index contributed by atoms with van der Waals surface area (Å²) in [5, 5.41) is 3.25. The molecule has 1 nitrogen and oxygen atoms in total. The fourth-order valence-electron chi connectivity index (χ4n) is 2.02. The van der Waals surface area contributed by atoms with E-state index in [1.165, 1.54) is 15.2 Å². The Balaban J connectivity index is 2.22. The summed E-state index contributed by atoms with van der Waals surface area (Å²) in [7, 11) is 1.90. The van der Waals surface area contributed by atoms with E-state index in [1.54, 1.807) is 6.07 Å². The molecule has 1 unspecified atom stereocenters. The van der Waals surface area contributed by atoms with E-state index >= 15 is 0 Å². The number of rotatable bonds is 4. The zero-order valence-electron chi connectivity index (χ0n) is 10.5. The first-order valence-electron chi connectivity index (χ1n) is 5.96. The number of hydrogen-bond acceptors (Lipinski definition) is 1. The lowest BCUT2D eigenvalue weighted by Gasteiger charge is -2.17. The van der Waals surface area contributed by atoms with Crippen molar-refractivity contribution >= 4 is 38.5 Å². The van der Waals surface area contributed by atoms with Crippen molar-refractivity contribution < 1.29 is 4.39 Å². The van der Waals surface area contributed by atoms with Crippen molar-refractivity contribution in [3.8, 4) is 0 Å². The number of likely N-dealkylation sites (N-methyl/N-ethyl adjacent to an activating group) is 1. The molecule has 0 saturated heterocycles. The summed E-state index contributed by atoms with van der Waals surface area (Å²) >= 11 is 5.62. The molecule has 2 rings (SSSR count). The van der Waals surface area contributed by atoms with Crippen molar-refractivity contribution in [2.75, 3.05) is 7.05 Å². The van der Waals surface area contributed by atoms with Crippen LogP contribution in [0.5, 0.6) is 0 Å². The quantitative estimate of drug-likeness (QED) is 0.689. The first-order valence-corrected chi connectivity index (χ1v) is 7.83. The SMILES string of the molecule is CNC(Cc1ccc(I)cc1)c1cc(F)cc(Br)c1. The van der Waals surface area contributed by atoms with Crippen LogP contribution in [-0.4, -0.2) is 7.05 Å². The fourth-order valence-corrected chi connectivity index (χ4v) is 2.86. The van der Waals surface area contributed by atoms with Crippen molar-refractivity contribution in [2.24, 2.45) is 0 Å². The Kier molecular flexibility index (Phi) is 5.36. The zero-order chi connectivity index (χ0) is 13.8. The largest absolute Gasteiger partial charge is 0.313 e. The lowest BCUT2D eigenvalue weighted by molar-refractivity contribution is 0.576. The lowest BCUT2D eigenvalue weighted by atomic mass is 9.99. The summed E-state index contributed by atoms with van der Waals surface area (Å²) < 4.78 is 15.4. The van der Waals surface area contributed by atoms with Gasteiger partial charge in [0.2, 0.25) is 0 Å². The molecule has 0 fully saturated rings. The number of benzene rings is 2. The molecule has 19 heavy (non-hydrogen) atoms. The zero-order valence-corrected chi connectivity index (χ0v) is 14.2. The van der Waals surface area contributed by atoms with Crippen LogP contribution in [0.3, 0.4) is 0 Å². The van der Waals surface area contributed by atoms with Crippen molar-refractivity contribution in [1.29, 1.82) is 0 Å². The summed E-state index contributed by atoms with van der Waals surface area (Å²) in [6, 6.07) is 13.5. The van der Waals surface area contributed by atoms with Gasteiger partial charge in [-0.2, -0.15) is 0 Å². The molecule has 0 amide bonds. The van der Waals surface area contributed by atoms with E-state index in [9.17, 15) is 4.39 Å². The van der Waals surface area contributed by atoms with E-state index in [2.05, 4.69) is 68.1 Å². The Morgan fingerprint density at radius 3 is 2.47 bits per heavy atom. The van der Waals surface area contributed by atoms with E-state index in [4.69, 9.17) is 0 Å². The maximum absolute atomic E-state index is 13.5. The third-order valence-electron chi connectivity index (χ3n) is 2.99. The summed E-state index contributed by atoms with van der Waals surface area (Å²) in [5.41, 5.74) is 2.19. The minimum Gasteiger partial charge on any atom is -0.313 e. The van der Waals surface area contributed by atoms with Crippen LogP contribution in [0.25, 0.3) is 0 Å². The van der Waals surface area contributed by atoms with Gasteiger partial charge in [-0.1, -0.05) is 28.1 Å². The average molecular weight is 434 g/mol. The summed E-state index contributed by atoms with van der Waals surface area (Å²) in [6.45, 7) is 0. The van der Waals surface area contributed by atoms with Gasteiger partial charge in [-0.15, -0.1) is 0 Å². The Morgan fingerprint density at radius 2 is 1.89 bits per heavy atom. The predicted molar refractivity (Wildman–Crippen MR) is 88.8 cm³/mol. The molecule has 0 spiro atoms. The van der Waals surface area contributed by atoms with Gasteiger partial charge in [0.05, 0.1) is 0 Å². The summed E-state index contributed by atoms with van der Waals surface area (Å²) in [4.78, 5) is 0. The monoisotopic (exact) mass is 433 g/mol. The Hall–Kier alpha value is -0.460. The van der Waals surface area contributed by atoms with E-state index in [-0.39, 0.29) is 11.9 Å². The van der Waals surface area contributed by atoms with Crippen molar-refractivity contribution in [3.05, 3.63) is 67.5 Å². The number of halogens is 3. The van der Waals surface area contributed by atoms with E-state index in [1.807, 2.05) is 13.1 Å². The molecule has 1 N–H and O–H groups in total. The third kappa shape index (κ3) is 4.26. The molecular weight excluding hydrogens is 420 g/mol. The van der Waals surface area contributed by atoms with Crippen molar-refractivity contribution in [2.45, 2.75) is 12.5 Å². The normalized spacial score (nSPS) is 12.4. The first-order chi connectivity index (χ1) is 9.08. The Morgan fingerprint density at radius 1 is 1.21 bits per heavy atom. The molecule has 4 heteroatoms. The molecule has 2 aromatic carbocycles. The average Bonchev–Trinajstić information content (AvgIpc) is 2.37. The van der Waals surface area contributed by atoms with Crippen molar-refractivity contribution in [1.82, 2.24) is 5.32 Å². The highest BCUT2D eigenvalue weighted by Gasteiger charge is 2.12. The molecule has 0 aliphatic carbocycles. The molecule has 100 valence electrons. The molecule has 1 atom stereocenters. The van der Waals surface area contributed by atoms with Gasteiger partial charge in [-0.05, 0) is 77.5 Å². The topological polar surface area (TPSA) is 12.0 Å². The highest BCUT2D eigenvalue weighted by molar-refractivity contribution is 14.1. The van der Waals surface area contributed by atoms with E-state index in [0.29, 0.717) is 0 Å². The second kappa shape index (κ2) is 6.81. The smallest absolute Gasteiger partial charge is 0.124 e. The molecule has 0 aromatic heterocycles. The number of nitrogens with one attached hydrogen (secondary N) is 1. The van der Waals surface area contributed by atoms with Crippen LogP contribution < -0.4 is 5.32 Å². The highest BCUT2D eigenvalue weighted by Crippen LogP contribution is 2.23. The number of hydrogen-bond donors (Lipinski definition) is 1. The van der Waals surface area contributed by atoms with Gasteiger partial charge in [0.25, 0.3) is 0 Å². The molecule has 0 bridgehead atoms. The summed E-state index contributed by atoms with van der Waals surface area (Å²) in [6.07, 6.45) is 0.837. The van der Waals surface area contributed by atoms with Crippen LogP contribution in [0.4, 0.5) is 4.39 Å². The molecule has 0 aliphatic heterocycles. The van der Waals surface area contributed by atoms with Gasteiger partial charge in [0.1, 0.15) is 5.82 Å². The first kappa shape index (κ1) is 14.9. The van der Waals surface area contributed by atoms with Crippen LogP contribution in [-0.2, 0) is 6.42 Å². The standard InChI is InChI=1S/C15H14BrFIN/c1-19-15(6-10-2-4-14(18)5-3-10)11-7-12(16)9-13(17)8-11/h2-5,7-9,15,19H,6H2,1H3. The van der Waals surface area contributed by atoms with Crippen LogP contribution in [0.2, 0.25) is 0 Å². The Labute approximate surface area is 134 Å². The maximum Gasteiger partial charge on any atom is 0.124 e.